The fourth-order valence-corrected chi connectivity index (χ4v) is 2.82. The molecular weight excluding hydrogens is 352 g/mol. The summed E-state index contributed by atoms with van der Waals surface area (Å²) in [4.78, 5) is 4.58. The Morgan fingerprint density at radius 2 is 1.86 bits per heavy atom. The lowest BCUT2D eigenvalue weighted by atomic mass is 10.1. The normalized spacial score (nSPS) is 13.0. The first-order valence-electron chi connectivity index (χ1n) is 6.46. The van der Waals surface area contributed by atoms with E-state index in [1.54, 1.807) is 18.3 Å². The minimum absolute atomic E-state index is 0.0565. The van der Waals surface area contributed by atoms with E-state index in [-0.39, 0.29) is 6.04 Å². The van der Waals surface area contributed by atoms with E-state index in [1.807, 2.05) is 32.0 Å². The molecule has 1 heterocycles. The van der Waals surface area contributed by atoms with Gasteiger partial charge >= 0.3 is 0 Å². The van der Waals surface area contributed by atoms with Crippen LogP contribution in [0.25, 0.3) is 0 Å². The number of aryl methyl sites for hydroxylation is 1. The molecule has 21 heavy (non-hydrogen) atoms. The summed E-state index contributed by atoms with van der Waals surface area (Å²) in [5, 5.41) is 3.35. The number of hydrogen-bond acceptors (Lipinski definition) is 4. The molecule has 0 amide bonds. The van der Waals surface area contributed by atoms with Gasteiger partial charge in [0.2, 0.25) is 0 Å². The van der Waals surface area contributed by atoms with Gasteiger partial charge in [-0.3, -0.25) is 0 Å². The SMILES string of the molecule is Cc1cc(NC(C)c2ccc(S(C)(=O)=O)cc2)cnc1Br. The summed E-state index contributed by atoms with van der Waals surface area (Å²) in [6.07, 6.45) is 2.97. The summed E-state index contributed by atoms with van der Waals surface area (Å²) < 4.78 is 23.7. The standard InChI is InChI=1S/C15H17BrN2O2S/c1-10-8-13(9-17-15(10)16)18-11(2)12-4-6-14(7-5-12)21(3,19)20/h4-9,11,18H,1-3H3. The first kappa shape index (κ1) is 16.0. The molecule has 1 unspecified atom stereocenters. The molecule has 0 saturated carbocycles. The highest BCUT2D eigenvalue weighted by Crippen LogP contribution is 2.23. The van der Waals surface area contributed by atoms with Crippen molar-refractivity contribution in [2.75, 3.05) is 11.6 Å². The second-order valence-corrected chi connectivity index (χ2v) is 7.81. The van der Waals surface area contributed by atoms with E-state index < -0.39 is 9.84 Å². The van der Waals surface area contributed by atoms with Crippen LogP contribution >= 0.6 is 15.9 Å². The molecule has 4 nitrogen and oxygen atoms in total. The summed E-state index contributed by atoms with van der Waals surface area (Å²) in [5.74, 6) is 0. The molecule has 0 radical (unpaired) electrons. The molecule has 2 aromatic rings. The molecule has 1 aromatic heterocycles. The zero-order chi connectivity index (χ0) is 15.6. The number of nitrogens with zero attached hydrogens (tertiary/aromatic N) is 1. The predicted molar refractivity (Wildman–Crippen MR) is 88.3 cm³/mol. The van der Waals surface area contributed by atoms with Gasteiger partial charge < -0.3 is 5.32 Å². The highest BCUT2D eigenvalue weighted by Gasteiger charge is 2.10. The third-order valence-corrected chi connectivity index (χ3v) is 5.16. The van der Waals surface area contributed by atoms with Crippen LogP contribution < -0.4 is 5.32 Å². The minimum atomic E-state index is -3.15. The number of anilines is 1. The molecule has 0 saturated heterocycles. The average Bonchev–Trinajstić information content (AvgIpc) is 2.42. The Morgan fingerprint density at radius 3 is 2.38 bits per heavy atom. The maximum Gasteiger partial charge on any atom is 0.175 e. The predicted octanol–water partition coefficient (Wildman–Crippen LogP) is 3.73. The summed E-state index contributed by atoms with van der Waals surface area (Å²) in [6, 6.07) is 8.99. The zero-order valence-electron chi connectivity index (χ0n) is 12.1. The lowest BCUT2D eigenvalue weighted by molar-refractivity contribution is 0.602. The fraction of sp³-hybridized carbons (Fsp3) is 0.267. The van der Waals surface area contributed by atoms with Crippen molar-refractivity contribution < 1.29 is 8.42 Å². The second kappa shape index (κ2) is 6.15. The van der Waals surface area contributed by atoms with E-state index in [0.717, 1.165) is 21.4 Å². The van der Waals surface area contributed by atoms with Gasteiger partial charge in [0.1, 0.15) is 4.60 Å². The van der Waals surface area contributed by atoms with Crippen molar-refractivity contribution in [3.63, 3.8) is 0 Å². The van der Waals surface area contributed by atoms with Crippen molar-refractivity contribution >= 4 is 31.5 Å². The molecule has 6 heteroatoms. The van der Waals surface area contributed by atoms with Crippen LogP contribution in [-0.2, 0) is 9.84 Å². The molecule has 0 spiro atoms. The molecule has 0 aliphatic heterocycles. The Morgan fingerprint density at radius 1 is 1.24 bits per heavy atom. The minimum Gasteiger partial charge on any atom is -0.377 e. The highest BCUT2D eigenvalue weighted by atomic mass is 79.9. The van der Waals surface area contributed by atoms with E-state index in [0.29, 0.717) is 4.90 Å². The first-order chi connectivity index (χ1) is 9.77. The van der Waals surface area contributed by atoms with Gasteiger partial charge in [0.25, 0.3) is 0 Å². The number of hydrogen-bond donors (Lipinski definition) is 1. The topological polar surface area (TPSA) is 59.1 Å². The van der Waals surface area contributed by atoms with Crippen molar-refractivity contribution in [2.45, 2.75) is 24.8 Å². The number of pyridine rings is 1. The number of rotatable bonds is 4. The van der Waals surface area contributed by atoms with E-state index in [9.17, 15) is 8.42 Å². The van der Waals surface area contributed by atoms with Gasteiger partial charge in [0.05, 0.1) is 16.8 Å². The molecule has 1 N–H and O–H groups in total. The Bertz CT molecular complexity index is 743. The van der Waals surface area contributed by atoms with Crippen molar-refractivity contribution in [2.24, 2.45) is 0 Å². The molecule has 0 bridgehead atoms. The van der Waals surface area contributed by atoms with Gasteiger partial charge in [0, 0.05) is 12.3 Å². The first-order valence-corrected chi connectivity index (χ1v) is 9.14. The van der Waals surface area contributed by atoms with E-state index in [2.05, 4.69) is 26.2 Å². The van der Waals surface area contributed by atoms with E-state index in [1.165, 1.54) is 6.26 Å². The van der Waals surface area contributed by atoms with Crippen molar-refractivity contribution in [1.82, 2.24) is 4.98 Å². The Hall–Kier alpha value is -1.40. The number of benzene rings is 1. The van der Waals surface area contributed by atoms with Crippen molar-refractivity contribution in [3.05, 3.63) is 52.3 Å². The maximum atomic E-state index is 11.4. The second-order valence-electron chi connectivity index (χ2n) is 5.04. The van der Waals surface area contributed by atoms with Crippen molar-refractivity contribution in [3.8, 4) is 0 Å². The lowest BCUT2D eigenvalue weighted by Gasteiger charge is -2.16. The van der Waals surface area contributed by atoms with Gasteiger partial charge in [-0.25, -0.2) is 13.4 Å². The average molecular weight is 369 g/mol. The molecule has 112 valence electrons. The monoisotopic (exact) mass is 368 g/mol. The van der Waals surface area contributed by atoms with Crippen LogP contribution in [0.15, 0.2) is 46.0 Å². The summed E-state index contributed by atoms with van der Waals surface area (Å²) in [6.45, 7) is 4.00. The van der Waals surface area contributed by atoms with Crippen LogP contribution in [-0.4, -0.2) is 19.7 Å². The molecule has 0 fully saturated rings. The number of halogens is 1. The lowest BCUT2D eigenvalue weighted by Crippen LogP contribution is -2.07. The maximum absolute atomic E-state index is 11.4. The quantitative estimate of drug-likeness (QED) is 0.835. The van der Waals surface area contributed by atoms with E-state index in [4.69, 9.17) is 0 Å². The third kappa shape index (κ3) is 4.04. The molecule has 1 atom stereocenters. The molecule has 0 aliphatic carbocycles. The van der Waals surface area contributed by atoms with Crippen LogP contribution in [0.5, 0.6) is 0 Å². The molecule has 1 aromatic carbocycles. The van der Waals surface area contributed by atoms with Crippen LogP contribution in [0.2, 0.25) is 0 Å². The Kier molecular flexibility index (Phi) is 4.68. The number of sulfone groups is 1. The van der Waals surface area contributed by atoms with Gasteiger partial charge in [0.15, 0.2) is 9.84 Å². The number of aromatic nitrogens is 1. The van der Waals surface area contributed by atoms with Gasteiger partial charge in [-0.2, -0.15) is 0 Å². The van der Waals surface area contributed by atoms with Crippen LogP contribution in [0, 0.1) is 6.92 Å². The van der Waals surface area contributed by atoms with Crippen LogP contribution in [0.3, 0.4) is 0 Å². The third-order valence-electron chi connectivity index (χ3n) is 3.21. The summed E-state index contributed by atoms with van der Waals surface area (Å²) in [7, 11) is -3.15. The Balaban J connectivity index is 2.16. The zero-order valence-corrected chi connectivity index (χ0v) is 14.5. The Labute approximate surface area is 133 Å². The number of nitrogens with one attached hydrogen (secondary N) is 1. The van der Waals surface area contributed by atoms with Gasteiger partial charge in [-0.15, -0.1) is 0 Å². The van der Waals surface area contributed by atoms with Gasteiger partial charge in [-0.1, -0.05) is 12.1 Å². The van der Waals surface area contributed by atoms with Gasteiger partial charge in [-0.05, 0) is 59.1 Å². The molecule has 2 rings (SSSR count). The molecular formula is C15H17BrN2O2S. The summed E-state index contributed by atoms with van der Waals surface area (Å²) >= 11 is 3.37. The van der Waals surface area contributed by atoms with E-state index >= 15 is 0 Å². The highest BCUT2D eigenvalue weighted by molar-refractivity contribution is 9.10. The smallest absolute Gasteiger partial charge is 0.175 e. The molecule has 0 aliphatic rings. The van der Waals surface area contributed by atoms with Crippen LogP contribution in [0.1, 0.15) is 24.1 Å². The van der Waals surface area contributed by atoms with Crippen LogP contribution in [0.4, 0.5) is 5.69 Å². The fourth-order valence-electron chi connectivity index (χ4n) is 1.97. The van der Waals surface area contributed by atoms with Crippen molar-refractivity contribution in [1.29, 1.82) is 0 Å². The summed E-state index contributed by atoms with van der Waals surface area (Å²) in [5.41, 5.74) is 3.00. The largest absolute Gasteiger partial charge is 0.377 e.